The predicted octanol–water partition coefficient (Wildman–Crippen LogP) is 3.38. The Morgan fingerprint density at radius 2 is 1.54 bits per heavy atom. The molecule has 0 aromatic heterocycles. The summed E-state index contributed by atoms with van der Waals surface area (Å²) >= 11 is 0. The first-order valence-electron chi connectivity index (χ1n) is 8.59. The normalized spacial score (nSPS) is 10.7. The van der Waals surface area contributed by atoms with Crippen LogP contribution >= 0.6 is 24.0 Å². The number of rotatable bonds is 8. The molecule has 0 aliphatic heterocycles. The highest BCUT2D eigenvalue weighted by atomic mass is 127. The van der Waals surface area contributed by atoms with Crippen LogP contribution in [0.2, 0.25) is 0 Å². The number of nitrogens with one attached hydrogen (secondary N) is 2. The van der Waals surface area contributed by atoms with Crippen molar-refractivity contribution >= 4 is 29.9 Å². The molecule has 2 aromatic carbocycles. The minimum Gasteiger partial charge on any atom is -0.494 e. The number of aliphatic imine (C=N–C) groups is 1. The van der Waals surface area contributed by atoms with Gasteiger partial charge in [-0.25, -0.2) is 4.39 Å². The summed E-state index contributed by atoms with van der Waals surface area (Å²) in [6.07, 6.45) is 0.790. The molecule has 2 N–H and O–H groups in total. The van der Waals surface area contributed by atoms with Crippen molar-refractivity contribution in [3.05, 3.63) is 53.3 Å². The Morgan fingerprint density at radius 1 is 0.893 bits per heavy atom. The van der Waals surface area contributed by atoms with Crippen molar-refractivity contribution in [2.24, 2.45) is 4.99 Å². The van der Waals surface area contributed by atoms with Crippen LogP contribution in [0.4, 0.5) is 4.39 Å². The van der Waals surface area contributed by atoms with Crippen molar-refractivity contribution in [2.45, 2.75) is 13.0 Å². The van der Waals surface area contributed by atoms with Gasteiger partial charge in [-0.1, -0.05) is 12.1 Å². The van der Waals surface area contributed by atoms with Gasteiger partial charge in [-0.2, -0.15) is 0 Å². The molecule has 0 amide bonds. The van der Waals surface area contributed by atoms with E-state index in [0.29, 0.717) is 30.5 Å². The fraction of sp³-hybridized carbons (Fsp3) is 0.350. The summed E-state index contributed by atoms with van der Waals surface area (Å²) in [6, 6.07) is 10.7. The highest BCUT2D eigenvalue weighted by molar-refractivity contribution is 14.0. The molecular formula is C20H27FIN3O3. The summed E-state index contributed by atoms with van der Waals surface area (Å²) in [5.41, 5.74) is 1.92. The van der Waals surface area contributed by atoms with Gasteiger partial charge in [-0.15, -0.1) is 24.0 Å². The molecular weight excluding hydrogens is 476 g/mol. The molecule has 0 saturated carbocycles. The number of hydrogen-bond donors (Lipinski definition) is 2. The highest BCUT2D eigenvalue weighted by Crippen LogP contribution is 2.27. The minimum absolute atomic E-state index is 0. The molecule has 8 heteroatoms. The average molecular weight is 503 g/mol. The number of ether oxygens (including phenoxy) is 3. The van der Waals surface area contributed by atoms with Gasteiger partial charge < -0.3 is 24.8 Å². The van der Waals surface area contributed by atoms with Gasteiger partial charge in [-0.3, -0.25) is 4.99 Å². The van der Waals surface area contributed by atoms with Gasteiger partial charge >= 0.3 is 0 Å². The molecule has 0 saturated heterocycles. The molecule has 0 aliphatic carbocycles. The Kier molecular flexibility index (Phi) is 10.4. The number of hydrogen-bond acceptors (Lipinski definition) is 4. The van der Waals surface area contributed by atoms with E-state index in [2.05, 4.69) is 15.6 Å². The third-order valence-corrected chi connectivity index (χ3v) is 4.05. The Labute approximate surface area is 182 Å². The van der Waals surface area contributed by atoms with Gasteiger partial charge in [0.2, 0.25) is 0 Å². The fourth-order valence-electron chi connectivity index (χ4n) is 2.59. The molecule has 0 aliphatic rings. The molecule has 0 bridgehead atoms. The number of methoxy groups -OCH3 is 3. The maximum absolute atomic E-state index is 13.7. The largest absolute Gasteiger partial charge is 0.494 e. The van der Waals surface area contributed by atoms with Crippen molar-refractivity contribution in [2.75, 3.05) is 34.9 Å². The van der Waals surface area contributed by atoms with Gasteiger partial charge in [0.05, 0.1) is 21.3 Å². The van der Waals surface area contributed by atoms with Crippen LogP contribution in [0.3, 0.4) is 0 Å². The van der Waals surface area contributed by atoms with Crippen LogP contribution in [0.15, 0.2) is 41.4 Å². The summed E-state index contributed by atoms with van der Waals surface area (Å²) < 4.78 is 29.2. The molecule has 0 heterocycles. The first-order valence-corrected chi connectivity index (χ1v) is 8.59. The fourth-order valence-corrected chi connectivity index (χ4v) is 2.59. The summed E-state index contributed by atoms with van der Waals surface area (Å²) in [4.78, 5) is 4.18. The molecule has 6 nitrogen and oxygen atoms in total. The van der Waals surface area contributed by atoms with Gasteiger partial charge in [0.15, 0.2) is 29.0 Å². The van der Waals surface area contributed by atoms with Gasteiger partial charge in [-0.05, 0) is 41.8 Å². The second kappa shape index (κ2) is 12.3. The Bertz CT molecular complexity index is 787. The quantitative estimate of drug-likeness (QED) is 0.329. The monoisotopic (exact) mass is 503 g/mol. The van der Waals surface area contributed by atoms with Crippen molar-refractivity contribution in [3.63, 3.8) is 0 Å². The Balaban J connectivity index is 0.00000392. The van der Waals surface area contributed by atoms with Gasteiger partial charge in [0.25, 0.3) is 0 Å². The SMILES string of the molecule is CN=C(NCCc1ccc(OC)c(OC)c1)NCc1ccc(OC)c(F)c1.I. The first-order chi connectivity index (χ1) is 13.1. The zero-order valence-corrected chi connectivity index (χ0v) is 18.9. The molecule has 0 fully saturated rings. The zero-order chi connectivity index (χ0) is 19.6. The van der Waals surface area contributed by atoms with Crippen molar-refractivity contribution in [1.29, 1.82) is 0 Å². The molecule has 2 rings (SSSR count). The minimum atomic E-state index is -0.381. The maximum Gasteiger partial charge on any atom is 0.191 e. The van der Waals surface area contributed by atoms with E-state index in [4.69, 9.17) is 14.2 Å². The number of halogens is 2. The van der Waals surface area contributed by atoms with Crippen molar-refractivity contribution in [1.82, 2.24) is 10.6 Å². The van der Waals surface area contributed by atoms with E-state index >= 15 is 0 Å². The molecule has 28 heavy (non-hydrogen) atoms. The van der Waals surface area contributed by atoms with E-state index in [1.54, 1.807) is 27.3 Å². The molecule has 2 aromatic rings. The first kappa shape index (κ1) is 23.8. The summed E-state index contributed by atoms with van der Waals surface area (Å²) in [5.74, 6) is 1.91. The smallest absolute Gasteiger partial charge is 0.191 e. The van der Waals surface area contributed by atoms with Crippen LogP contribution in [-0.2, 0) is 13.0 Å². The second-order valence-electron chi connectivity index (χ2n) is 5.76. The van der Waals surface area contributed by atoms with E-state index in [0.717, 1.165) is 17.5 Å². The highest BCUT2D eigenvalue weighted by Gasteiger charge is 2.06. The summed E-state index contributed by atoms with van der Waals surface area (Å²) in [6.45, 7) is 1.14. The lowest BCUT2D eigenvalue weighted by atomic mass is 10.1. The molecule has 0 radical (unpaired) electrons. The third kappa shape index (κ3) is 6.74. The van der Waals surface area contributed by atoms with Crippen molar-refractivity contribution < 1.29 is 18.6 Å². The van der Waals surface area contributed by atoms with E-state index < -0.39 is 0 Å². The van der Waals surface area contributed by atoms with Gasteiger partial charge in [0.1, 0.15) is 0 Å². The maximum atomic E-state index is 13.7. The lowest BCUT2D eigenvalue weighted by Crippen LogP contribution is -2.37. The van der Waals surface area contributed by atoms with Gasteiger partial charge in [0, 0.05) is 20.1 Å². The lowest BCUT2D eigenvalue weighted by Gasteiger charge is -2.13. The number of nitrogens with zero attached hydrogens (tertiary/aromatic N) is 1. The molecule has 0 spiro atoms. The number of guanidine groups is 1. The Morgan fingerprint density at radius 3 is 2.14 bits per heavy atom. The third-order valence-electron chi connectivity index (χ3n) is 4.05. The molecule has 0 unspecified atom stereocenters. The van der Waals surface area contributed by atoms with Crippen LogP contribution in [0.1, 0.15) is 11.1 Å². The topological polar surface area (TPSA) is 64.1 Å². The zero-order valence-electron chi connectivity index (χ0n) is 16.5. The number of benzene rings is 2. The van der Waals surface area contributed by atoms with E-state index in [1.165, 1.54) is 13.2 Å². The van der Waals surface area contributed by atoms with E-state index in [1.807, 2.05) is 24.3 Å². The Hall–Kier alpha value is -2.23. The average Bonchev–Trinajstić information content (AvgIpc) is 2.70. The summed E-state index contributed by atoms with van der Waals surface area (Å²) in [7, 11) is 6.37. The van der Waals surface area contributed by atoms with Crippen LogP contribution in [0, 0.1) is 5.82 Å². The van der Waals surface area contributed by atoms with E-state index in [-0.39, 0.29) is 35.5 Å². The lowest BCUT2D eigenvalue weighted by molar-refractivity contribution is 0.354. The second-order valence-corrected chi connectivity index (χ2v) is 5.76. The standard InChI is InChI=1S/C20H26FN3O3.HI/c1-22-20(24-13-15-6-7-17(25-2)16(21)11-15)23-10-9-14-5-8-18(26-3)19(12-14)27-4;/h5-8,11-12H,9-10,13H2,1-4H3,(H2,22,23,24);1H. The molecule has 154 valence electrons. The summed E-state index contributed by atoms with van der Waals surface area (Å²) in [5, 5.41) is 6.40. The van der Waals surface area contributed by atoms with Crippen LogP contribution in [-0.4, -0.2) is 40.9 Å². The predicted molar refractivity (Wildman–Crippen MR) is 120 cm³/mol. The van der Waals surface area contributed by atoms with Crippen LogP contribution in [0.25, 0.3) is 0 Å². The van der Waals surface area contributed by atoms with Crippen LogP contribution < -0.4 is 24.8 Å². The van der Waals surface area contributed by atoms with E-state index in [9.17, 15) is 4.39 Å². The van der Waals surface area contributed by atoms with Crippen molar-refractivity contribution in [3.8, 4) is 17.2 Å². The molecule has 0 atom stereocenters. The van der Waals surface area contributed by atoms with Crippen LogP contribution in [0.5, 0.6) is 17.2 Å².